The number of nitrogens with one attached hydrogen (secondary N) is 1. The van der Waals surface area contributed by atoms with Crippen LogP contribution >= 0.6 is 0 Å². The molecule has 6 nitrogen and oxygen atoms in total. The highest BCUT2D eigenvalue weighted by Gasteiger charge is 2.32. The Hall–Kier alpha value is -2.37. The molecule has 6 heteroatoms. The summed E-state index contributed by atoms with van der Waals surface area (Å²) in [5, 5.41) is 2.85. The molecule has 1 aliphatic rings. The summed E-state index contributed by atoms with van der Waals surface area (Å²) < 4.78 is 1.92. The van der Waals surface area contributed by atoms with Crippen molar-refractivity contribution in [2.24, 2.45) is 0 Å². The number of aromatic nitrogens is 2. The Labute approximate surface area is 135 Å². The number of fused-ring (bicyclic) bond motifs is 1. The second-order valence-corrected chi connectivity index (χ2v) is 5.92. The number of nitrogens with zero attached hydrogens (tertiary/aromatic N) is 3. The maximum atomic E-state index is 12.8. The van der Waals surface area contributed by atoms with E-state index < -0.39 is 0 Å². The summed E-state index contributed by atoms with van der Waals surface area (Å²) >= 11 is 0. The van der Waals surface area contributed by atoms with E-state index in [1.165, 1.54) is 0 Å². The topological polar surface area (TPSA) is 67.2 Å². The fraction of sp³-hybridized carbons (Fsp3) is 0.471. The third-order valence-electron chi connectivity index (χ3n) is 4.35. The zero-order valence-corrected chi connectivity index (χ0v) is 13.6. The van der Waals surface area contributed by atoms with Gasteiger partial charge in [-0.15, -0.1) is 0 Å². The number of para-hydroxylation sites is 2. The minimum Gasteiger partial charge on any atom is -0.353 e. The van der Waals surface area contributed by atoms with Crippen molar-refractivity contribution in [2.75, 3.05) is 13.1 Å². The van der Waals surface area contributed by atoms with Crippen LogP contribution in [0.3, 0.4) is 0 Å². The zero-order chi connectivity index (χ0) is 16.4. The van der Waals surface area contributed by atoms with Gasteiger partial charge in [0.25, 0.3) is 0 Å². The summed E-state index contributed by atoms with van der Waals surface area (Å²) in [4.78, 5) is 31.1. The van der Waals surface area contributed by atoms with Gasteiger partial charge in [0.05, 0.1) is 11.0 Å². The van der Waals surface area contributed by atoms with E-state index in [1.807, 2.05) is 42.7 Å². The Morgan fingerprint density at radius 1 is 1.39 bits per heavy atom. The van der Waals surface area contributed by atoms with Crippen molar-refractivity contribution in [1.82, 2.24) is 19.8 Å². The molecule has 0 radical (unpaired) electrons. The second kappa shape index (κ2) is 6.40. The molecule has 1 fully saturated rings. The van der Waals surface area contributed by atoms with Crippen molar-refractivity contribution in [2.45, 2.75) is 39.3 Å². The summed E-state index contributed by atoms with van der Waals surface area (Å²) in [6.45, 7) is 5.24. The minimum absolute atomic E-state index is 0.0236. The summed E-state index contributed by atoms with van der Waals surface area (Å²) in [6, 6.07) is 7.44. The van der Waals surface area contributed by atoms with E-state index >= 15 is 0 Å². The largest absolute Gasteiger partial charge is 0.353 e. The van der Waals surface area contributed by atoms with Gasteiger partial charge in [0, 0.05) is 13.1 Å². The third-order valence-corrected chi connectivity index (χ3v) is 4.35. The number of hydrogen-bond donors (Lipinski definition) is 1. The van der Waals surface area contributed by atoms with Gasteiger partial charge >= 0.3 is 0 Å². The van der Waals surface area contributed by atoms with Crippen LogP contribution in [0.5, 0.6) is 0 Å². The van der Waals surface area contributed by atoms with Crippen LogP contribution in [0.4, 0.5) is 0 Å². The monoisotopic (exact) mass is 314 g/mol. The Morgan fingerprint density at radius 2 is 2.17 bits per heavy atom. The van der Waals surface area contributed by atoms with Gasteiger partial charge in [-0.3, -0.25) is 9.59 Å². The molecule has 122 valence electrons. The highest BCUT2D eigenvalue weighted by molar-refractivity contribution is 5.89. The van der Waals surface area contributed by atoms with Crippen molar-refractivity contribution >= 4 is 22.8 Å². The van der Waals surface area contributed by atoms with Crippen LogP contribution in [0.15, 0.2) is 24.3 Å². The number of amides is 2. The van der Waals surface area contributed by atoms with Gasteiger partial charge in [-0.2, -0.15) is 0 Å². The molecule has 2 heterocycles. The molecule has 1 aromatic heterocycles. The van der Waals surface area contributed by atoms with Gasteiger partial charge in [-0.25, -0.2) is 4.98 Å². The number of carbonyl (C=O) groups is 2. The normalized spacial score (nSPS) is 18.3. The van der Waals surface area contributed by atoms with Gasteiger partial charge in [-0.05, 0) is 25.5 Å². The van der Waals surface area contributed by atoms with E-state index in [0.717, 1.165) is 23.3 Å². The number of benzene rings is 1. The van der Waals surface area contributed by atoms with E-state index in [2.05, 4.69) is 10.3 Å². The van der Waals surface area contributed by atoms with Crippen LogP contribution < -0.4 is 5.32 Å². The molecule has 0 aliphatic carbocycles. The van der Waals surface area contributed by atoms with Crippen LogP contribution in [0, 0.1) is 6.92 Å². The quantitative estimate of drug-likeness (QED) is 0.929. The van der Waals surface area contributed by atoms with Crippen molar-refractivity contribution in [1.29, 1.82) is 0 Å². The standard InChI is InChI=1S/C17H22N4O2/c1-3-6-15-17(23)18-9-10-20(15)16(22)11-21-12(2)19-13-7-4-5-8-14(13)21/h4-5,7-8,15H,3,6,9-11H2,1-2H3,(H,18,23). The van der Waals surface area contributed by atoms with Crippen LogP contribution in [0.25, 0.3) is 11.0 Å². The first-order chi connectivity index (χ1) is 11.1. The summed E-state index contributed by atoms with van der Waals surface area (Å²) in [5.74, 6) is 0.747. The Kier molecular flexibility index (Phi) is 4.32. The molecule has 3 rings (SSSR count). The van der Waals surface area contributed by atoms with Gasteiger partial charge in [0.1, 0.15) is 18.4 Å². The predicted molar refractivity (Wildman–Crippen MR) is 87.9 cm³/mol. The van der Waals surface area contributed by atoms with Crippen LogP contribution in [0.1, 0.15) is 25.6 Å². The summed E-state index contributed by atoms with van der Waals surface area (Å²) in [7, 11) is 0. The van der Waals surface area contributed by atoms with Crippen molar-refractivity contribution < 1.29 is 9.59 Å². The average Bonchev–Trinajstić information content (AvgIpc) is 2.85. The number of imidazole rings is 1. The zero-order valence-electron chi connectivity index (χ0n) is 13.6. The van der Waals surface area contributed by atoms with E-state index in [-0.39, 0.29) is 24.4 Å². The summed E-state index contributed by atoms with van der Waals surface area (Å²) in [5.41, 5.74) is 1.84. The lowest BCUT2D eigenvalue weighted by atomic mass is 10.1. The molecule has 1 saturated heterocycles. The lowest BCUT2D eigenvalue weighted by Crippen LogP contribution is -2.57. The molecule has 1 atom stereocenters. The molecule has 2 aromatic rings. The van der Waals surface area contributed by atoms with Crippen molar-refractivity contribution in [3.05, 3.63) is 30.1 Å². The number of hydrogen-bond acceptors (Lipinski definition) is 3. The lowest BCUT2D eigenvalue weighted by molar-refractivity contribution is -0.143. The maximum absolute atomic E-state index is 12.8. The van der Waals surface area contributed by atoms with E-state index in [9.17, 15) is 9.59 Å². The molecule has 1 aromatic carbocycles. The van der Waals surface area contributed by atoms with Gasteiger partial charge in [0.15, 0.2) is 0 Å². The first kappa shape index (κ1) is 15.5. The SMILES string of the molecule is CCCC1C(=O)NCCN1C(=O)Cn1c(C)nc2ccccc21. The fourth-order valence-electron chi connectivity index (χ4n) is 3.20. The molecule has 23 heavy (non-hydrogen) atoms. The Balaban J connectivity index is 1.85. The number of rotatable bonds is 4. The van der Waals surface area contributed by atoms with Crippen LogP contribution in [-0.4, -0.2) is 45.4 Å². The molecule has 0 spiro atoms. The molecule has 0 bridgehead atoms. The number of piperazine rings is 1. The minimum atomic E-state index is -0.351. The number of carbonyl (C=O) groups excluding carboxylic acids is 2. The fourth-order valence-corrected chi connectivity index (χ4v) is 3.20. The highest BCUT2D eigenvalue weighted by atomic mass is 16.2. The van der Waals surface area contributed by atoms with E-state index in [0.29, 0.717) is 19.5 Å². The third kappa shape index (κ3) is 2.93. The van der Waals surface area contributed by atoms with Gasteiger partial charge in [0.2, 0.25) is 11.8 Å². The molecule has 2 amide bonds. The van der Waals surface area contributed by atoms with E-state index in [1.54, 1.807) is 4.90 Å². The van der Waals surface area contributed by atoms with E-state index in [4.69, 9.17) is 0 Å². The first-order valence-electron chi connectivity index (χ1n) is 8.11. The smallest absolute Gasteiger partial charge is 0.243 e. The molecular formula is C17H22N4O2. The summed E-state index contributed by atoms with van der Waals surface area (Å²) in [6.07, 6.45) is 1.57. The maximum Gasteiger partial charge on any atom is 0.243 e. The number of aryl methyl sites for hydroxylation is 1. The Bertz CT molecular complexity index is 737. The highest BCUT2D eigenvalue weighted by Crippen LogP contribution is 2.17. The molecular weight excluding hydrogens is 292 g/mol. The molecule has 1 N–H and O–H groups in total. The van der Waals surface area contributed by atoms with Crippen molar-refractivity contribution in [3.63, 3.8) is 0 Å². The Morgan fingerprint density at radius 3 is 2.96 bits per heavy atom. The molecule has 0 saturated carbocycles. The lowest BCUT2D eigenvalue weighted by Gasteiger charge is -2.35. The van der Waals surface area contributed by atoms with Crippen molar-refractivity contribution in [3.8, 4) is 0 Å². The second-order valence-electron chi connectivity index (χ2n) is 5.92. The molecule has 1 aliphatic heterocycles. The molecule has 1 unspecified atom stereocenters. The van der Waals surface area contributed by atoms with Crippen LogP contribution in [-0.2, 0) is 16.1 Å². The van der Waals surface area contributed by atoms with Gasteiger partial charge in [-0.1, -0.05) is 25.5 Å². The van der Waals surface area contributed by atoms with Gasteiger partial charge < -0.3 is 14.8 Å². The van der Waals surface area contributed by atoms with Crippen LogP contribution in [0.2, 0.25) is 0 Å². The predicted octanol–water partition coefficient (Wildman–Crippen LogP) is 1.47. The average molecular weight is 314 g/mol. The first-order valence-corrected chi connectivity index (χ1v) is 8.11.